The van der Waals surface area contributed by atoms with Crippen molar-refractivity contribution in [2.24, 2.45) is 0 Å². The third-order valence-electron chi connectivity index (χ3n) is 8.68. The molecule has 0 aliphatic carbocycles. The lowest BCUT2D eigenvalue weighted by Crippen LogP contribution is -2.52. The van der Waals surface area contributed by atoms with E-state index in [0.717, 1.165) is 80.9 Å². The average molecular weight is 563 g/mol. The molecular formula is C34H38N6O2. The Morgan fingerprint density at radius 2 is 1.57 bits per heavy atom. The lowest BCUT2D eigenvalue weighted by Gasteiger charge is -2.39. The molecule has 2 fully saturated rings. The summed E-state index contributed by atoms with van der Waals surface area (Å²) < 4.78 is 0. The van der Waals surface area contributed by atoms with Gasteiger partial charge in [0.2, 0.25) is 0 Å². The van der Waals surface area contributed by atoms with Crippen LogP contribution in [-0.2, 0) is 12.1 Å². The summed E-state index contributed by atoms with van der Waals surface area (Å²) >= 11 is 0. The monoisotopic (exact) mass is 562 g/mol. The topological polar surface area (TPSA) is 93.4 Å². The van der Waals surface area contributed by atoms with Crippen molar-refractivity contribution < 1.29 is 9.59 Å². The van der Waals surface area contributed by atoms with Gasteiger partial charge in [-0.25, -0.2) is 0 Å². The smallest absolute Gasteiger partial charge is 0.251 e. The Hall–Kier alpha value is -4.11. The second kappa shape index (κ2) is 12.4. The van der Waals surface area contributed by atoms with E-state index in [0.29, 0.717) is 16.7 Å². The fraction of sp³-hybridized carbons (Fsp3) is 0.324. The van der Waals surface area contributed by atoms with Gasteiger partial charge in [0.25, 0.3) is 5.91 Å². The zero-order chi connectivity index (χ0) is 28.9. The Bertz CT molecular complexity index is 1500. The second-order valence-corrected chi connectivity index (χ2v) is 11.5. The summed E-state index contributed by atoms with van der Waals surface area (Å²) in [6.45, 7) is 6.69. The fourth-order valence-corrected chi connectivity index (χ4v) is 6.03. The minimum atomic E-state index is -0.462. The molecule has 0 radical (unpaired) electrons. The number of amides is 1. The lowest BCUT2D eigenvalue weighted by molar-refractivity contribution is 0.0871. The van der Waals surface area contributed by atoms with Crippen molar-refractivity contribution in [3.8, 4) is 11.1 Å². The maximum Gasteiger partial charge on any atom is 0.251 e. The summed E-state index contributed by atoms with van der Waals surface area (Å²) in [5.74, 6) is -0.168. The van der Waals surface area contributed by atoms with E-state index in [4.69, 9.17) is 0 Å². The van der Waals surface area contributed by atoms with E-state index >= 15 is 0 Å². The molecular weight excluding hydrogens is 524 g/mol. The molecule has 0 unspecified atom stereocenters. The summed E-state index contributed by atoms with van der Waals surface area (Å²) in [6.07, 6.45) is 5.27. The van der Waals surface area contributed by atoms with E-state index in [1.807, 2.05) is 24.4 Å². The molecule has 3 heterocycles. The predicted octanol–water partition coefficient (Wildman–Crippen LogP) is 4.06. The Kier molecular flexibility index (Phi) is 8.28. The van der Waals surface area contributed by atoms with Crippen LogP contribution in [0.4, 0.5) is 0 Å². The Labute approximate surface area is 247 Å². The summed E-state index contributed by atoms with van der Waals surface area (Å²) in [6, 6.07) is 23.3. The normalized spacial score (nSPS) is 17.5. The highest BCUT2D eigenvalue weighted by molar-refractivity contribution is 6.09. The number of aromatic amines is 1. The van der Waals surface area contributed by atoms with Gasteiger partial charge in [0, 0.05) is 61.2 Å². The van der Waals surface area contributed by atoms with Crippen molar-refractivity contribution in [3.63, 3.8) is 0 Å². The first kappa shape index (κ1) is 28.0. The summed E-state index contributed by atoms with van der Waals surface area (Å²) in [4.78, 5) is 31.6. The van der Waals surface area contributed by atoms with Gasteiger partial charge in [0.1, 0.15) is 0 Å². The summed E-state index contributed by atoms with van der Waals surface area (Å²) in [7, 11) is 2.15. The molecule has 3 N–H and O–H groups in total. The number of aromatic nitrogens is 2. The first-order chi connectivity index (χ1) is 20.5. The van der Waals surface area contributed by atoms with Crippen LogP contribution in [0, 0.1) is 0 Å². The molecule has 216 valence electrons. The van der Waals surface area contributed by atoms with Gasteiger partial charge in [-0.15, -0.1) is 0 Å². The molecule has 42 heavy (non-hydrogen) atoms. The maximum absolute atomic E-state index is 13.5. The van der Waals surface area contributed by atoms with Gasteiger partial charge in [0.05, 0.1) is 11.7 Å². The Balaban J connectivity index is 1.14. The van der Waals surface area contributed by atoms with Crippen molar-refractivity contribution in [3.05, 3.63) is 113 Å². The molecule has 2 aliphatic heterocycles. The maximum atomic E-state index is 13.5. The highest BCUT2D eigenvalue weighted by atomic mass is 16.2. The van der Waals surface area contributed by atoms with Crippen LogP contribution in [0.15, 0.2) is 85.2 Å². The van der Waals surface area contributed by atoms with Crippen LogP contribution in [0.5, 0.6) is 0 Å². The first-order valence-electron chi connectivity index (χ1n) is 14.8. The van der Waals surface area contributed by atoms with Gasteiger partial charge in [0.15, 0.2) is 5.78 Å². The second-order valence-electron chi connectivity index (χ2n) is 11.5. The number of hydrogen-bond acceptors (Lipinski definition) is 6. The SMILES string of the molecule is CN1CCN(Cc2cccc(C(=O)c3ccc(C(=O)NC4(c5ccc(-c6cn[nH]c6)cc5)CCNCC4)cc3)c2)CC1. The van der Waals surface area contributed by atoms with Crippen molar-refractivity contribution in [2.75, 3.05) is 46.3 Å². The van der Waals surface area contributed by atoms with Crippen LogP contribution in [0.1, 0.15) is 50.2 Å². The molecule has 2 aliphatic rings. The molecule has 1 aromatic heterocycles. The van der Waals surface area contributed by atoms with Gasteiger partial charge in [-0.05, 0) is 67.9 Å². The van der Waals surface area contributed by atoms with Crippen molar-refractivity contribution in [1.29, 1.82) is 0 Å². The first-order valence-corrected chi connectivity index (χ1v) is 14.8. The largest absolute Gasteiger partial charge is 0.342 e. The van der Waals surface area contributed by atoms with Gasteiger partial charge in [-0.3, -0.25) is 19.6 Å². The van der Waals surface area contributed by atoms with E-state index < -0.39 is 5.54 Å². The third kappa shape index (κ3) is 6.21. The van der Waals surface area contributed by atoms with Crippen LogP contribution in [-0.4, -0.2) is 78.0 Å². The minimum Gasteiger partial charge on any atom is -0.342 e. The number of carbonyl (C=O) groups is 2. The van der Waals surface area contributed by atoms with Crippen LogP contribution >= 0.6 is 0 Å². The number of benzene rings is 3. The third-order valence-corrected chi connectivity index (χ3v) is 8.68. The number of carbonyl (C=O) groups excluding carboxylic acids is 2. The van der Waals surface area contributed by atoms with E-state index in [9.17, 15) is 9.59 Å². The molecule has 0 atom stereocenters. The van der Waals surface area contributed by atoms with E-state index in [1.54, 1.807) is 30.5 Å². The lowest BCUT2D eigenvalue weighted by atomic mass is 9.80. The highest BCUT2D eigenvalue weighted by Gasteiger charge is 2.35. The van der Waals surface area contributed by atoms with Gasteiger partial charge in [-0.2, -0.15) is 5.10 Å². The molecule has 2 saturated heterocycles. The Morgan fingerprint density at radius 1 is 0.857 bits per heavy atom. The molecule has 4 aromatic rings. The van der Waals surface area contributed by atoms with E-state index in [-0.39, 0.29) is 11.7 Å². The van der Waals surface area contributed by atoms with E-state index in [1.165, 1.54) is 0 Å². The zero-order valence-electron chi connectivity index (χ0n) is 24.1. The number of H-pyrrole nitrogens is 1. The predicted molar refractivity (Wildman–Crippen MR) is 164 cm³/mol. The molecule has 3 aromatic carbocycles. The summed E-state index contributed by atoms with van der Waals surface area (Å²) in [5.41, 5.74) is 5.67. The molecule has 0 bridgehead atoms. The van der Waals surface area contributed by atoms with Crippen molar-refractivity contribution in [1.82, 2.24) is 30.6 Å². The Morgan fingerprint density at radius 3 is 2.26 bits per heavy atom. The van der Waals surface area contributed by atoms with Crippen LogP contribution in [0.25, 0.3) is 11.1 Å². The average Bonchev–Trinajstić information content (AvgIpc) is 3.58. The van der Waals surface area contributed by atoms with Crippen molar-refractivity contribution >= 4 is 11.7 Å². The van der Waals surface area contributed by atoms with E-state index in [2.05, 4.69) is 68.0 Å². The number of nitrogens with zero attached hydrogens (tertiary/aromatic N) is 3. The number of nitrogens with one attached hydrogen (secondary N) is 3. The number of piperazine rings is 1. The molecule has 1 amide bonds. The van der Waals surface area contributed by atoms with Gasteiger partial charge < -0.3 is 15.5 Å². The van der Waals surface area contributed by atoms with Crippen LogP contribution in [0.2, 0.25) is 0 Å². The minimum absolute atomic E-state index is 0.0327. The van der Waals surface area contributed by atoms with Gasteiger partial charge >= 0.3 is 0 Å². The fourth-order valence-electron chi connectivity index (χ4n) is 6.03. The number of hydrogen-bond donors (Lipinski definition) is 3. The summed E-state index contributed by atoms with van der Waals surface area (Å²) in [5, 5.41) is 13.7. The quantitative estimate of drug-likeness (QED) is 0.281. The number of likely N-dealkylation sites (N-methyl/N-ethyl adjacent to an activating group) is 1. The highest BCUT2D eigenvalue weighted by Crippen LogP contribution is 2.33. The molecule has 8 nitrogen and oxygen atoms in total. The molecule has 0 saturated carbocycles. The zero-order valence-corrected chi connectivity index (χ0v) is 24.1. The van der Waals surface area contributed by atoms with Crippen LogP contribution < -0.4 is 10.6 Å². The van der Waals surface area contributed by atoms with Crippen LogP contribution in [0.3, 0.4) is 0 Å². The van der Waals surface area contributed by atoms with Crippen molar-refractivity contribution in [2.45, 2.75) is 24.9 Å². The molecule has 0 spiro atoms. The standard InChI is InChI=1S/C34H38N6O2/c1-39-17-19-40(20-18-39)24-25-3-2-4-29(21-25)32(41)27-5-7-28(8-6-27)33(42)38-34(13-15-35-16-14-34)31-11-9-26(10-12-31)30-22-36-37-23-30/h2-12,21-23,35H,13-20,24H2,1H3,(H,36,37)(H,38,42). The van der Waals surface area contributed by atoms with Gasteiger partial charge in [-0.1, -0.05) is 54.6 Å². The number of ketones is 1. The molecule has 6 rings (SSSR count). The number of piperidine rings is 1. The number of rotatable bonds is 8. The molecule has 8 heteroatoms.